The Bertz CT molecular complexity index is 1400. The Morgan fingerprint density at radius 2 is 1.62 bits per heavy atom. The van der Waals surface area contributed by atoms with Crippen molar-refractivity contribution in [3.63, 3.8) is 0 Å². The van der Waals surface area contributed by atoms with Crippen LogP contribution in [0.4, 0.5) is 5.69 Å². The highest BCUT2D eigenvalue weighted by Crippen LogP contribution is 2.42. The van der Waals surface area contributed by atoms with Gasteiger partial charge in [-0.05, 0) is 48.9 Å². The summed E-state index contributed by atoms with van der Waals surface area (Å²) in [6, 6.07) is 19.3. The van der Waals surface area contributed by atoms with E-state index in [2.05, 4.69) is 0 Å². The van der Waals surface area contributed by atoms with Crippen molar-refractivity contribution in [2.24, 2.45) is 0 Å². The van der Waals surface area contributed by atoms with E-state index in [1.54, 1.807) is 43.4 Å². The molecule has 1 unspecified atom stereocenters. The number of aryl methyl sites for hydroxylation is 1. The molecule has 0 fully saturated rings. The van der Waals surface area contributed by atoms with Crippen LogP contribution in [0.3, 0.4) is 0 Å². The molecule has 0 saturated heterocycles. The van der Waals surface area contributed by atoms with Crippen LogP contribution in [0.25, 0.3) is 11.0 Å². The first kappa shape index (κ1) is 19.9. The highest BCUT2D eigenvalue weighted by Gasteiger charge is 2.43. The molecule has 1 aliphatic heterocycles. The summed E-state index contributed by atoms with van der Waals surface area (Å²) in [6.45, 7) is 1.92. The molecule has 160 valence electrons. The summed E-state index contributed by atoms with van der Waals surface area (Å²) in [5.41, 5.74) is 2.86. The molecule has 0 bridgehead atoms. The topological polar surface area (TPSA) is 69.0 Å². The van der Waals surface area contributed by atoms with E-state index in [1.165, 1.54) is 0 Å². The third-order valence-electron chi connectivity index (χ3n) is 5.79. The lowest BCUT2D eigenvalue weighted by atomic mass is 9.97. The van der Waals surface area contributed by atoms with Crippen LogP contribution in [0.5, 0.6) is 11.5 Å². The summed E-state index contributed by atoms with van der Waals surface area (Å²) in [4.78, 5) is 28.8. The SMILES string of the molecule is COc1ccc(C2c3c(oc4ccc(C)cc4c3=O)C(=O)N2c2cccc(OC)c2)cc1. The van der Waals surface area contributed by atoms with E-state index in [1.807, 2.05) is 49.4 Å². The minimum Gasteiger partial charge on any atom is -0.497 e. The average molecular weight is 427 g/mol. The molecule has 1 amide bonds. The maximum absolute atomic E-state index is 13.6. The number of amides is 1. The molecule has 0 spiro atoms. The van der Waals surface area contributed by atoms with Crippen molar-refractivity contribution in [1.82, 2.24) is 0 Å². The number of methoxy groups -OCH3 is 2. The molecule has 5 rings (SSSR count). The molecule has 2 heterocycles. The Labute approximate surface area is 184 Å². The number of benzene rings is 3. The zero-order valence-corrected chi connectivity index (χ0v) is 17.9. The van der Waals surface area contributed by atoms with Gasteiger partial charge in [0.2, 0.25) is 5.76 Å². The summed E-state index contributed by atoms with van der Waals surface area (Å²) in [5, 5.41) is 0.461. The van der Waals surface area contributed by atoms with Gasteiger partial charge in [0, 0.05) is 11.8 Å². The fourth-order valence-electron chi connectivity index (χ4n) is 4.21. The summed E-state index contributed by atoms with van der Waals surface area (Å²) in [7, 11) is 3.16. The second-order valence-electron chi connectivity index (χ2n) is 7.73. The predicted octanol–water partition coefficient (Wildman–Crippen LogP) is 4.87. The van der Waals surface area contributed by atoms with Crippen LogP contribution in [0.1, 0.15) is 33.3 Å². The van der Waals surface area contributed by atoms with Crippen molar-refractivity contribution in [3.8, 4) is 11.5 Å². The van der Waals surface area contributed by atoms with E-state index in [-0.39, 0.29) is 17.1 Å². The molecule has 3 aromatic carbocycles. The lowest BCUT2D eigenvalue weighted by molar-refractivity contribution is 0.0971. The number of anilines is 1. The quantitative estimate of drug-likeness (QED) is 0.465. The van der Waals surface area contributed by atoms with Crippen molar-refractivity contribution in [2.75, 3.05) is 19.1 Å². The molecule has 0 saturated carbocycles. The van der Waals surface area contributed by atoms with Crippen LogP contribution in [0.15, 0.2) is 75.9 Å². The monoisotopic (exact) mass is 427 g/mol. The van der Waals surface area contributed by atoms with E-state index in [4.69, 9.17) is 13.9 Å². The first-order chi connectivity index (χ1) is 15.5. The third-order valence-corrected chi connectivity index (χ3v) is 5.79. The Balaban J connectivity index is 1.79. The number of hydrogen-bond donors (Lipinski definition) is 0. The van der Waals surface area contributed by atoms with Crippen LogP contribution in [0.2, 0.25) is 0 Å². The zero-order valence-electron chi connectivity index (χ0n) is 17.9. The average Bonchev–Trinajstić information content (AvgIpc) is 3.12. The molecule has 4 aromatic rings. The van der Waals surface area contributed by atoms with E-state index >= 15 is 0 Å². The predicted molar refractivity (Wildman–Crippen MR) is 122 cm³/mol. The Hall–Kier alpha value is -4.06. The van der Waals surface area contributed by atoms with Crippen LogP contribution in [0, 0.1) is 6.92 Å². The van der Waals surface area contributed by atoms with E-state index in [9.17, 15) is 9.59 Å². The minimum atomic E-state index is -0.642. The minimum absolute atomic E-state index is 0.0648. The van der Waals surface area contributed by atoms with Gasteiger partial charge in [0.1, 0.15) is 17.1 Å². The number of rotatable bonds is 4. The number of ether oxygens (including phenoxy) is 2. The van der Waals surface area contributed by atoms with Gasteiger partial charge in [-0.15, -0.1) is 0 Å². The van der Waals surface area contributed by atoms with E-state index in [0.29, 0.717) is 33.7 Å². The molecule has 0 aliphatic carbocycles. The molecule has 32 heavy (non-hydrogen) atoms. The van der Waals surface area contributed by atoms with Crippen molar-refractivity contribution in [3.05, 3.63) is 99.4 Å². The largest absolute Gasteiger partial charge is 0.497 e. The van der Waals surface area contributed by atoms with Gasteiger partial charge < -0.3 is 13.9 Å². The van der Waals surface area contributed by atoms with Gasteiger partial charge in [0.05, 0.1) is 31.2 Å². The molecule has 1 aliphatic rings. The highest BCUT2D eigenvalue weighted by atomic mass is 16.5. The van der Waals surface area contributed by atoms with Gasteiger partial charge >= 0.3 is 0 Å². The van der Waals surface area contributed by atoms with Crippen LogP contribution >= 0.6 is 0 Å². The Morgan fingerprint density at radius 3 is 2.34 bits per heavy atom. The molecular formula is C26H21NO5. The smallest absolute Gasteiger partial charge is 0.295 e. The molecule has 1 aromatic heterocycles. The van der Waals surface area contributed by atoms with Crippen LogP contribution in [-0.2, 0) is 0 Å². The number of hydrogen-bond acceptors (Lipinski definition) is 5. The van der Waals surface area contributed by atoms with Crippen LogP contribution < -0.4 is 19.8 Å². The number of carbonyl (C=O) groups excluding carboxylic acids is 1. The van der Waals surface area contributed by atoms with Crippen LogP contribution in [-0.4, -0.2) is 20.1 Å². The standard InChI is InChI=1S/C26H21NO5/c1-15-7-12-21-20(13-15)24(28)22-23(16-8-10-18(30-2)11-9-16)27(26(29)25(22)32-21)17-5-4-6-19(14-17)31-3/h4-14,23H,1-3H3. The summed E-state index contributed by atoms with van der Waals surface area (Å²) in [5.74, 6) is 0.996. The van der Waals surface area contributed by atoms with Gasteiger partial charge in [0.25, 0.3) is 5.91 Å². The molecule has 1 atom stereocenters. The first-order valence-electron chi connectivity index (χ1n) is 10.2. The molecule has 0 radical (unpaired) electrons. The van der Waals surface area contributed by atoms with E-state index in [0.717, 1.165) is 11.1 Å². The lowest BCUT2D eigenvalue weighted by Gasteiger charge is -2.25. The van der Waals surface area contributed by atoms with Crippen molar-refractivity contribution in [2.45, 2.75) is 13.0 Å². The van der Waals surface area contributed by atoms with Gasteiger partial charge in [0.15, 0.2) is 5.43 Å². The van der Waals surface area contributed by atoms with Gasteiger partial charge in [-0.25, -0.2) is 0 Å². The molecular weight excluding hydrogens is 406 g/mol. The molecule has 0 N–H and O–H groups in total. The maximum Gasteiger partial charge on any atom is 0.295 e. The Kier molecular flexibility index (Phi) is 4.70. The molecule has 6 nitrogen and oxygen atoms in total. The number of nitrogens with zero attached hydrogens (tertiary/aromatic N) is 1. The number of carbonyl (C=O) groups is 1. The van der Waals surface area contributed by atoms with Crippen molar-refractivity contribution < 1.29 is 18.7 Å². The van der Waals surface area contributed by atoms with Gasteiger partial charge in [-0.3, -0.25) is 14.5 Å². The number of fused-ring (bicyclic) bond motifs is 2. The van der Waals surface area contributed by atoms with E-state index < -0.39 is 6.04 Å². The fraction of sp³-hybridized carbons (Fsp3) is 0.154. The normalized spacial score (nSPS) is 15.2. The summed E-state index contributed by atoms with van der Waals surface area (Å²) < 4.78 is 16.6. The summed E-state index contributed by atoms with van der Waals surface area (Å²) in [6.07, 6.45) is 0. The lowest BCUT2D eigenvalue weighted by Crippen LogP contribution is -2.29. The maximum atomic E-state index is 13.6. The molecule has 6 heteroatoms. The fourth-order valence-corrected chi connectivity index (χ4v) is 4.21. The van der Waals surface area contributed by atoms with Gasteiger partial charge in [-0.1, -0.05) is 29.8 Å². The van der Waals surface area contributed by atoms with Gasteiger partial charge in [-0.2, -0.15) is 0 Å². The second kappa shape index (κ2) is 7.57. The van der Waals surface area contributed by atoms with Crippen molar-refractivity contribution in [1.29, 1.82) is 0 Å². The van der Waals surface area contributed by atoms with Crippen molar-refractivity contribution >= 4 is 22.6 Å². The highest BCUT2D eigenvalue weighted by molar-refractivity contribution is 6.10. The first-order valence-corrected chi connectivity index (χ1v) is 10.2. The third kappa shape index (κ3) is 3.03. The second-order valence-corrected chi connectivity index (χ2v) is 7.73. The zero-order chi connectivity index (χ0) is 22.4. The summed E-state index contributed by atoms with van der Waals surface area (Å²) >= 11 is 0. The Morgan fingerprint density at radius 1 is 0.875 bits per heavy atom.